The number of benzene rings is 1. The first-order valence-corrected chi connectivity index (χ1v) is 7.52. The van der Waals surface area contributed by atoms with Crippen LogP contribution in [0.3, 0.4) is 0 Å². The number of carboxylic acid groups (broad SMARTS) is 1. The SMILES string of the molecule is C[C@@H](C(=O)N[C@@H](Cc1ccccc1)C(=O)O)P(=O)(O)O. The normalized spacial score (nSPS) is 14.3. The third kappa shape index (κ3) is 4.77. The average molecular weight is 301 g/mol. The maximum absolute atomic E-state index is 11.6. The molecule has 2 atom stereocenters. The Hall–Kier alpha value is -1.69. The summed E-state index contributed by atoms with van der Waals surface area (Å²) in [6.45, 7) is 1.05. The van der Waals surface area contributed by atoms with Crippen molar-refractivity contribution in [2.24, 2.45) is 0 Å². The number of rotatable bonds is 6. The molecule has 1 rings (SSSR count). The Morgan fingerprint density at radius 3 is 2.25 bits per heavy atom. The van der Waals surface area contributed by atoms with Crippen molar-refractivity contribution in [2.75, 3.05) is 0 Å². The summed E-state index contributed by atoms with van der Waals surface area (Å²) in [4.78, 5) is 40.5. The molecule has 1 aromatic rings. The van der Waals surface area contributed by atoms with Crippen LogP contribution in [0.1, 0.15) is 12.5 Å². The van der Waals surface area contributed by atoms with Crippen LogP contribution in [0.25, 0.3) is 0 Å². The van der Waals surface area contributed by atoms with E-state index >= 15 is 0 Å². The first kappa shape index (κ1) is 16.4. The number of aliphatic carboxylic acids is 1. The molecule has 20 heavy (non-hydrogen) atoms. The Bertz CT molecular complexity index is 526. The van der Waals surface area contributed by atoms with Gasteiger partial charge in [0.1, 0.15) is 11.7 Å². The summed E-state index contributed by atoms with van der Waals surface area (Å²) in [5.41, 5.74) is -0.885. The highest BCUT2D eigenvalue weighted by molar-refractivity contribution is 7.53. The predicted molar refractivity (Wildman–Crippen MR) is 71.2 cm³/mol. The smallest absolute Gasteiger partial charge is 0.337 e. The molecular weight excluding hydrogens is 285 g/mol. The van der Waals surface area contributed by atoms with E-state index in [4.69, 9.17) is 14.9 Å². The van der Waals surface area contributed by atoms with Gasteiger partial charge >= 0.3 is 13.6 Å². The van der Waals surface area contributed by atoms with Gasteiger partial charge in [-0.3, -0.25) is 9.36 Å². The second-order valence-corrected chi connectivity index (χ2v) is 6.31. The minimum Gasteiger partial charge on any atom is -0.480 e. The molecule has 1 amide bonds. The van der Waals surface area contributed by atoms with E-state index in [-0.39, 0.29) is 6.42 Å². The average Bonchev–Trinajstić information content (AvgIpc) is 2.37. The zero-order valence-corrected chi connectivity index (χ0v) is 11.7. The lowest BCUT2D eigenvalue weighted by Crippen LogP contribution is -2.45. The van der Waals surface area contributed by atoms with E-state index in [1.165, 1.54) is 0 Å². The van der Waals surface area contributed by atoms with E-state index < -0.39 is 31.2 Å². The third-order valence-corrected chi connectivity index (χ3v) is 4.02. The van der Waals surface area contributed by atoms with Gasteiger partial charge in [0, 0.05) is 6.42 Å². The fourth-order valence-corrected chi connectivity index (χ4v) is 1.87. The van der Waals surface area contributed by atoms with Crippen LogP contribution in [0.2, 0.25) is 0 Å². The molecule has 0 heterocycles. The molecule has 7 nitrogen and oxygen atoms in total. The predicted octanol–water partition coefficient (Wildman–Crippen LogP) is 0.365. The van der Waals surface area contributed by atoms with E-state index in [9.17, 15) is 14.2 Å². The Kier molecular flexibility index (Phi) is 5.44. The Labute approximate surface area is 115 Å². The lowest BCUT2D eigenvalue weighted by molar-refractivity contribution is -0.141. The number of carbonyl (C=O) groups excluding carboxylic acids is 1. The van der Waals surface area contributed by atoms with Gasteiger partial charge in [-0.15, -0.1) is 0 Å². The van der Waals surface area contributed by atoms with Gasteiger partial charge in [-0.2, -0.15) is 0 Å². The standard InChI is InChI=1S/C12H16NO6P/c1-8(20(17,18)19)11(14)13-10(12(15)16)7-9-5-3-2-4-6-9/h2-6,8,10H,7H2,1H3,(H,13,14)(H,15,16)(H2,17,18,19)/t8-,10-/m0/s1. The molecule has 0 unspecified atom stereocenters. The van der Waals surface area contributed by atoms with Crippen LogP contribution >= 0.6 is 7.60 Å². The summed E-state index contributed by atoms with van der Waals surface area (Å²) in [6.07, 6.45) is 0.0375. The van der Waals surface area contributed by atoms with Crippen molar-refractivity contribution in [2.45, 2.75) is 25.0 Å². The van der Waals surface area contributed by atoms with Crippen molar-refractivity contribution in [3.8, 4) is 0 Å². The van der Waals surface area contributed by atoms with Crippen LogP contribution in [0.15, 0.2) is 30.3 Å². The number of amides is 1. The summed E-state index contributed by atoms with van der Waals surface area (Å²) >= 11 is 0. The Balaban J connectivity index is 2.76. The maximum atomic E-state index is 11.6. The molecule has 0 saturated heterocycles. The van der Waals surface area contributed by atoms with E-state index in [0.717, 1.165) is 6.92 Å². The maximum Gasteiger partial charge on any atom is 0.337 e. The first-order valence-electron chi connectivity index (χ1n) is 5.84. The van der Waals surface area contributed by atoms with Crippen molar-refractivity contribution in [1.82, 2.24) is 5.32 Å². The molecule has 0 aromatic heterocycles. The zero-order chi connectivity index (χ0) is 15.3. The largest absolute Gasteiger partial charge is 0.480 e. The van der Waals surface area contributed by atoms with E-state index in [2.05, 4.69) is 5.32 Å². The first-order chi connectivity index (χ1) is 9.21. The Morgan fingerprint density at radius 2 is 1.80 bits per heavy atom. The van der Waals surface area contributed by atoms with Crippen molar-refractivity contribution >= 4 is 19.5 Å². The number of carboxylic acids is 1. The van der Waals surface area contributed by atoms with Gasteiger partial charge in [0.05, 0.1) is 0 Å². The highest BCUT2D eigenvalue weighted by atomic mass is 31.2. The van der Waals surface area contributed by atoms with E-state index in [1.54, 1.807) is 30.3 Å². The molecule has 110 valence electrons. The zero-order valence-electron chi connectivity index (χ0n) is 10.8. The lowest BCUT2D eigenvalue weighted by Gasteiger charge is -2.18. The number of carbonyl (C=O) groups is 2. The number of hydrogen-bond donors (Lipinski definition) is 4. The van der Waals surface area contributed by atoms with Gasteiger partial charge in [0.25, 0.3) is 0 Å². The second kappa shape index (κ2) is 6.65. The van der Waals surface area contributed by atoms with Crippen molar-refractivity contribution in [3.05, 3.63) is 35.9 Å². The fourth-order valence-electron chi connectivity index (χ4n) is 1.49. The van der Waals surface area contributed by atoms with Gasteiger partial charge in [-0.1, -0.05) is 30.3 Å². The fraction of sp³-hybridized carbons (Fsp3) is 0.333. The molecule has 0 bridgehead atoms. The van der Waals surface area contributed by atoms with Crippen molar-refractivity contribution < 1.29 is 29.0 Å². The van der Waals surface area contributed by atoms with Crippen LogP contribution in [0.4, 0.5) is 0 Å². The molecule has 0 aliphatic heterocycles. The van der Waals surface area contributed by atoms with Gasteiger partial charge in [-0.25, -0.2) is 4.79 Å². The second-order valence-electron chi connectivity index (χ2n) is 4.35. The topological polar surface area (TPSA) is 124 Å². The van der Waals surface area contributed by atoms with Crippen LogP contribution < -0.4 is 5.32 Å². The van der Waals surface area contributed by atoms with Gasteiger partial charge in [0.15, 0.2) is 0 Å². The summed E-state index contributed by atoms with van der Waals surface area (Å²) in [5, 5.41) is 11.2. The van der Waals surface area contributed by atoms with Crippen molar-refractivity contribution in [3.63, 3.8) is 0 Å². The summed E-state index contributed by atoms with van der Waals surface area (Å²) in [5.74, 6) is -2.25. The lowest BCUT2D eigenvalue weighted by atomic mass is 10.1. The number of hydrogen-bond acceptors (Lipinski definition) is 3. The van der Waals surface area contributed by atoms with E-state index in [1.807, 2.05) is 0 Å². The molecule has 0 aliphatic carbocycles. The van der Waals surface area contributed by atoms with Gasteiger partial charge < -0.3 is 20.2 Å². The van der Waals surface area contributed by atoms with Crippen LogP contribution in [0, 0.1) is 0 Å². The van der Waals surface area contributed by atoms with Crippen LogP contribution in [0.5, 0.6) is 0 Å². The van der Waals surface area contributed by atoms with Crippen LogP contribution in [-0.4, -0.2) is 38.5 Å². The van der Waals surface area contributed by atoms with Crippen LogP contribution in [-0.2, 0) is 20.6 Å². The molecule has 0 aliphatic rings. The summed E-state index contributed by atoms with van der Waals surface area (Å²) in [7, 11) is -4.59. The van der Waals surface area contributed by atoms with Crippen molar-refractivity contribution in [1.29, 1.82) is 0 Å². The molecular formula is C12H16NO6P. The number of nitrogens with one attached hydrogen (secondary N) is 1. The monoisotopic (exact) mass is 301 g/mol. The Morgan fingerprint density at radius 1 is 1.25 bits per heavy atom. The molecule has 0 radical (unpaired) electrons. The molecule has 4 N–H and O–H groups in total. The molecule has 0 saturated carbocycles. The minimum absolute atomic E-state index is 0.0375. The van der Waals surface area contributed by atoms with E-state index in [0.29, 0.717) is 5.56 Å². The molecule has 1 aromatic carbocycles. The third-order valence-electron chi connectivity index (χ3n) is 2.78. The summed E-state index contributed by atoms with van der Waals surface area (Å²) in [6, 6.07) is 7.40. The highest BCUT2D eigenvalue weighted by Gasteiger charge is 2.33. The van der Waals surface area contributed by atoms with Gasteiger partial charge in [-0.05, 0) is 12.5 Å². The summed E-state index contributed by atoms with van der Waals surface area (Å²) < 4.78 is 11.0. The van der Waals surface area contributed by atoms with Gasteiger partial charge in [0.2, 0.25) is 5.91 Å². The highest BCUT2D eigenvalue weighted by Crippen LogP contribution is 2.40. The molecule has 8 heteroatoms. The minimum atomic E-state index is -4.59. The quantitative estimate of drug-likeness (QED) is 0.563. The molecule has 0 spiro atoms. The molecule has 0 fully saturated rings.